The number of halogens is 1. The highest BCUT2D eigenvalue weighted by Crippen LogP contribution is 2.38. The average Bonchev–Trinajstić information content (AvgIpc) is 2.39. The summed E-state index contributed by atoms with van der Waals surface area (Å²) < 4.78 is 13.9. The standard InChI is InChI=1S/C16H23FN2/c1-18-11-13-10-12(8-9-16(13)19(2)3)14-6-4-5-7-15(14)17/h4-7,11-13,16H,8-10H2,1-3H3/t12-,13?,16-/m0/s1. The molecular formula is C16H23FN2. The molecule has 0 spiro atoms. The molecule has 1 aliphatic carbocycles. The minimum absolute atomic E-state index is 0.0667. The van der Waals surface area contributed by atoms with E-state index in [9.17, 15) is 4.39 Å². The quantitative estimate of drug-likeness (QED) is 0.763. The van der Waals surface area contributed by atoms with Crippen molar-refractivity contribution in [2.45, 2.75) is 31.2 Å². The highest BCUT2D eigenvalue weighted by Gasteiger charge is 2.32. The van der Waals surface area contributed by atoms with Crippen LogP contribution in [0.4, 0.5) is 4.39 Å². The minimum atomic E-state index is -0.0667. The van der Waals surface area contributed by atoms with E-state index in [1.807, 2.05) is 25.4 Å². The molecule has 0 aliphatic heterocycles. The Morgan fingerprint density at radius 3 is 2.63 bits per heavy atom. The van der Waals surface area contributed by atoms with Crippen molar-refractivity contribution in [3.05, 3.63) is 35.6 Å². The molecule has 3 atom stereocenters. The second-order valence-electron chi connectivity index (χ2n) is 5.63. The Morgan fingerprint density at radius 1 is 1.26 bits per heavy atom. The molecule has 2 rings (SSSR count). The van der Waals surface area contributed by atoms with Crippen LogP contribution in [0.1, 0.15) is 30.7 Å². The largest absolute Gasteiger partial charge is 0.306 e. The van der Waals surface area contributed by atoms with Crippen LogP contribution in [0.3, 0.4) is 0 Å². The van der Waals surface area contributed by atoms with E-state index in [1.54, 1.807) is 12.1 Å². The molecule has 3 heteroatoms. The third-order valence-electron chi connectivity index (χ3n) is 4.21. The summed E-state index contributed by atoms with van der Waals surface area (Å²) in [6.45, 7) is 0. The van der Waals surface area contributed by atoms with Crippen molar-refractivity contribution < 1.29 is 4.39 Å². The van der Waals surface area contributed by atoms with Gasteiger partial charge in [-0.05, 0) is 50.9 Å². The van der Waals surface area contributed by atoms with Crippen molar-refractivity contribution in [1.29, 1.82) is 0 Å². The van der Waals surface area contributed by atoms with Gasteiger partial charge in [0, 0.05) is 25.2 Å². The molecule has 0 heterocycles. The third-order valence-corrected chi connectivity index (χ3v) is 4.21. The number of aliphatic imine (C=N–C) groups is 1. The lowest BCUT2D eigenvalue weighted by Crippen LogP contribution is -2.40. The van der Waals surface area contributed by atoms with Crippen molar-refractivity contribution in [3.63, 3.8) is 0 Å². The van der Waals surface area contributed by atoms with Gasteiger partial charge in [-0.15, -0.1) is 0 Å². The average molecular weight is 262 g/mol. The van der Waals surface area contributed by atoms with E-state index in [1.165, 1.54) is 0 Å². The van der Waals surface area contributed by atoms with Gasteiger partial charge in [-0.1, -0.05) is 18.2 Å². The zero-order chi connectivity index (χ0) is 13.8. The molecule has 0 saturated heterocycles. The fourth-order valence-corrected chi connectivity index (χ4v) is 3.27. The summed E-state index contributed by atoms with van der Waals surface area (Å²) in [5.74, 6) is 0.668. The smallest absolute Gasteiger partial charge is 0.126 e. The summed E-state index contributed by atoms with van der Waals surface area (Å²) in [6, 6.07) is 7.70. The fraction of sp³-hybridized carbons (Fsp3) is 0.562. The molecule has 1 fully saturated rings. The van der Waals surface area contributed by atoms with Crippen LogP contribution in [0.25, 0.3) is 0 Å². The highest BCUT2D eigenvalue weighted by atomic mass is 19.1. The zero-order valence-corrected chi connectivity index (χ0v) is 12.0. The lowest BCUT2D eigenvalue weighted by molar-refractivity contribution is 0.183. The summed E-state index contributed by atoms with van der Waals surface area (Å²) in [5.41, 5.74) is 0.870. The van der Waals surface area contributed by atoms with Gasteiger partial charge >= 0.3 is 0 Å². The van der Waals surface area contributed by atoms with Crippen LogP contribution in [0.2, 0.25) is 0 Å². The van der Waals surface area contributed by atoms with Crippen LogP contribution in [0.15, 0.2) is 29.3 Å². The Hall–Kier alpha value is -1.22. The van der Waals surface area contributed by atoms with E-state index < -0.39 is 0 Å². The molecule has 1 unspecified atom stereocenters. The minimum Gasteiger partial charge on any atom is -0.306 e. The number of hydrogen-bond acceptors (Lipinski definition) is 2. The SMILES string of the molecule is CN=CC1C[C@@H](c2ccccc2F)CC[C@@H]1N(C)C. The zero-order valence-electron chi connectivity index (χ0n) is 12.0. The van der Waals surface area contributed by atoms with E-state index in [-0.39, 0.29) is 5.82 Å². The topological polar surface area (TPSA) is 15.6 Å². The highest BCUT2D eigenvalue weighted by molar-refractivity contribution is 5.62. The molecule has 0 aromatic heterocycles. The molecule has 0 amide bonds. The van der Waals surface area contributed by atoms with Gasteiger partial charge in [-0.2, -0.15) is 0 Å². The molecule has 19 heavy (non-hydrogen) atoms. The maximum absolute atomic E-state index is 13.9. The Kier molecular flexibility index (Phi) is 4.70. The van der Waals surface area contributed by atoms with Gasteiger partial charge in [0.2, 0.25) is 0 Å². The predicted octanol–water partition coefficient (Wildman–Crippen LogP) is 3.34. The van der Waals surface area contributed by atoms with E-state index in [0.717, 1.165) is 24.8 Å². The Bertz CT molecular complexity index is 442. The fourth-order valence-electron chi connectivity index (χ4n) is 3.27. The van der Waals surface area contributed by atoms with Gasteiger partial charge in [0.25, 0.3) is 0 Å². The second kappa shape index (κ2) is 6.29. The Labute approximate surface area is 115 Å². The first-order valence-electron chi connectivity index (χ1n) is 6.96. The lowest BCUT2D eigenvalue weighted by Gasteiger charge is -2.38. The van der Waals surface area contributed by atoms with Crippen LogP contribution >= 0.6 is 0 Å². The first-order valence-corrected chi connectivity index (χ1v) is 6.96. The molecule has 0 radical (unpaired) electrons. The molecular weight excluding hydrogens is 239 g/mol. The van der Waals surface area contributed by atoms with Crippen molar-refractivity contribution >= 4 is 6.21 Å². The maximum atomic E-state index is 13.9. The van der Waals surface area contributed by atoms with Crippen molar-refractivity contribution in [3.8, 4) is 0 Å². The van der Waals surface area contributed by atoms with E-state index >= 15 is 0 Å². The van der Waals surface area contributed by atoms with Gasteiger partial charge in [0.1, 0.15) is 5.82 Å². The van der Waals surface area contributed by atoms with Gasteiger partial charge in [0.05, 0.1) is 0 Å². The van der Waals surface area contributed by atoms with Gasteiger partial charge < -0.3 is 9.89 Å². The molecule has 104 valence electrons. The number of nitrogens with zero attached hydrogens (tertiary/aromatic N) is 2. The normalized spacial score (nSPS) is 28.2. The summed E-state index contributed by atoms with van der Waals surface area (Å²) in [7, 11) is 6.05. The van der Waals surface area contributed by atoms with Gasteiger partial charge in [-0.3, -0.25) is 0 Å². The summed E-state index contributed by atoms with van der Waals surface area (Å²) in [4.78, 5) is 6.46. The molecule has 1 saturated carbocycles. The van der Waals surface area contributed by atoms with Gasteiger partial charge in [-0.25, -0.2) is 4.39 Å². The summed E-state index contributed by atoms with van der Waals surface area (Å²) in [5, 5.41) is 0. The second-order valence-corrected chi connectivity index (χ2v) is 5.63. The molecule has 2 nitrogen and oxygen atoms in total. The van der Waals surface area contributed by atoms with E-state index in [4.69, 9.17) is 0 Å². The molecule has 1 aliphatic rings. The van der Waals surface area contributed by atoms with Crippen LogP contribution in [-0.4, -0.2) is 38.3 Å². The molecule has 0 bridgehead atoms. The van der Waals surface area contributed by atoms with Crippen molar-refractivity contribution in [2.75, 3.05) is 21.1 Å². The number of hydrogen-bond donors (Lipinski definition) is 0. The summed E-state index contributed by atoms with van der Waals surface area (Å²) in [6.07, 6.45) is 5.18. The Morgan fingerprint density at radius 2 is 2.00 bits per heavy atom. The predicted molar refractivity (Wildman–Crippen MR) is 78.4 cm³/mol. The number of rotatable bonds is 3. The number of benzene rings is 1. The third kappa shape index (κ3) is 3.21. The van der Waals surface area contributed by atoms with Crippen molar-refractivity contribution in [2.24, 2.45) is 10.9 Å². The lowest BCUT2D eigenvalue weighted by atomic mass is 9.75. The maximum Gasteiger partial charge on any atom is 0.126 e. The first-order chi connectivity index (χ1) is 9.13. The molecule has 0 N–H and O–H groups in total. The van der Waals surface area contributed by atoms with Crippen LogP contribution in [0.5, 0.6) is 0 Å². The first kappa shape index (κ1) is 14.2. The van der Waals surface area contributed by atoms with Gasteiger partial charge in [0.15, 0.2) is 0 Å². The molecule has 1 aromatic rings. The van der Waals surface area contributed by atoms with Crippen molar-refractivity contribution in [1.82, 2.24) is 4.90 Å². The summed E-state index contributed by atoms with van der Waals surface area (Å²) >= 11 is 0. The Balaban J connectivity index is 2.17. The van der Waals surface area contributed by atoms with E-state index in [0.29, 0.717) is 17.9 Å². The monoisotopic (exact) mass is 262 g/mol. The van der Waals surface area contributed by atoms with Crippen LogP contribution in [0, 0.1) is 11.7 Å². The van der Waals surface area contributed by atoms with E-state index in [2.05, 4.69) is 24.0 Å². The van der Waals surface area contributed by atoms with Crippen LogP contribution < -0.4 is 0 Å². The molecule has 1 aromatic carbocycles. The van der Waals surface area contributed by atoms with Crippen LogP contribution in [-0.2, 0) is 0 Å².